The molecular weight excluding hydrogens is 308 g/mol. The molecule has 0 aliphatic heterocycles. The van der Waals surface area contributed by atoms with Gasteiger partial charge in [0.05, 0.1) is 10.8 Å². The van der Waals surface area contributed by atoms with Crippen molar-refractivity contribution in [3.05, 3.63) is 59.7 Å². The zero-order chi connectivity index (χ0) is 16.0. The van der Waals surface area contributed by atoms with E-state index in [-0.39, 0.29) is 11.3 Å². The minimum absolute atomic E-state index is 0.00536. The SMILES string of the molecule is Cc1cccc(NS(=O)(=O)c2cccc(C3CC3(F)F)c2)c1. The molecule has 0 amide bonds. The maximum atomic E-state index is 13.1. The molecule has 2 aromatic carbocycles. The number of alkyl halides is 2. The van der Waals surface area contributed by atoms with Gasteiger partial charge in [-0.2, -0.15) is 0 Å². The van der Waals surface area contributed by atoms with E-state index in [1.807, 2.05) is 13.0 Å². The lowest BCUT2D eigenvalue weighted by Crippen LogP contribution is -2.13. The highest BCUT2D eigenvalue weighted by atomic mass is 32.2. The zero-order valence-electron chi connectivity index (χ0n) is 11.9. The van der Waals surface area contributed by atoms with Crippen molar-refractivity contribution >= 4 is 15.7 Å². The van der Waals surface area contributed by atoms with Crippen LogP contribution in [0.2, 0.25) is 0 Å². The van der Waals surface area contributed by atoms with Gasteiger partial charge in [0.2, 0.25) is 0 Å². The Kier molecular flexibility index (Phi) is 3.44. The first-order valence-corrected chi connectivity index (χ1v) is 8.33. The van der Waals surface area contributed by atoms with Crippen LogP contribution in [0.1, 0.15) is 23.5 Å². The molecular formula is C16H15F2NO2S. The zero-order valence-corrected chi connectivity index (χ0v) is 12.7. The second-order valence-electron chi connectivity index (χ2n) is 5.57. The van der Waals surface area contributed by atoms with Crippen LogP contribution in [-0.4, -0.2) is 14.3 Å². The number of aryl methyl sites for hydroxylation is 1. The van der Waals surface area contributed by atoms with E-state index < -0.39 is 21.9 Å². The second-order valence-corrected chi connectivity index (χ2v) is 7.25. The number of rotatable bonds is 4. The number of hydrogen-bond donors (Lipinski definition) is 1. The van der Waals surface area contributed by atoms with E-state index in [2.05, 4.69) is 4.72 Å². The van der Waals surface area contributed by atoms with Crippen molar-refractivity contribution in [1.29, 1.82) is 0 Å². The summed E-state index contributed by atoms with van der Waals surface area (Å²) in [5.41, 5.74) is 1.73. The Hall–Kier alpha value is -1.95. The molecule has 1 aliphatic carbocycles. The van der Waals surface area contributed by atoms with Crippen LogP contribution in [0.4, 0.5) is 14.5 Å². The van der Waals surface area contributed by atoms with E-state index in [1.54, 1.807) is 18.2 Å². The lowest BCUT2D eigenvalue weighted by Gasteiger charge is -2.10. The van der Waals surface area contributed by atoms with Crippen LogP contribution >= 0.6 is 0 Å². The van der Waals surface area contributed by atoms with Crippen molar-refractivity contribution < 1.29 is 17.2 Å². The van der Waals surface area contributed by atoms with E-state index >= 15 is 0 Å². The monoisotopic (exact) mass is 323 g/mol. The molecule has 2 aromatic rings. The molecule has 0 radical (unpaired) electrons. The number of halogens is 2. The van der Waals surface area contributed by atoms with E-state index in [4.69, 9.17) is 0 Å². The highest BCUT2D eigenvalue weighted by Crippen LogP contribution is 2.55. The third-order valence-electron chi connectivity index (χ3n) is 3.67. The van der Waals surface area contributed by atoms with Crippen LogP contribution < -0.4 is 4.72 Å². The van der Waals surface area contributed by atoms with E-state index in [0.29, 0.717) is 11.3 Å². The van der Waals surface area contributed by atoms with Gasteiger partial charge in [0.25, 0.3) is 15.9 Å². The summed E-state index contributed by atoms with van der Waals surface area (Å²) in [6, 6.07) is 12.7. The van der Waals surface area contributed by atoms with Crippen molar-refractivity contribution in [1.82, 2.24) is 0 Å². The van der Waals surface area contributed by atoms with Gasteiger partial charge in [-0.05, 0) is 42.3 Å². The number of nitrogens with one attached hydrogen (secondary N) is 1. The van der Waals surface area contributed by atoms with E-state index in [1.165, 1.54) is 24.3 Å². The molecule has 116 valence electrons. The molecule has 3 nitrogen and oxygen atoms in total. The van der Waals surface area contributed by atoms with Crippen LogP contribution in [0.25, 0.3) is 0 Å². The Balaban J connectivity index is 1.88. The number of benzene rings is 2. The maximum Gasteiger partial charge on any atom is 0.261 e. The van der Waals surface area contributed by atoms with Crippen LogP contribution in [0, 0.1) is 6.92 Å². The normalized spacial score (nSPS) is 19.7. The molecule has 1 saturated carbocycles. The third kappa shape index (κ3) is 2.97. The predicted molar refractivity (Wildman–Crippen MR) is 80.7 cm³/mol. The summed E-state index contributed by atoms with van der Waals surface area (Å²) in [7, 11) is -3.79. The van der Waals surface area contributed by atoms with Crippen LogP contribution in [0.5, 0.6) is 0 Å². The fourth-order valence-corrected chi connectivity index (χ4v) is 3.50. The first-order chi connectivity index (χ1) is 10.3. The van der Waals surface area contributed by atoms with Gasteiger partial charge in [-0.25, -0.2) is 17.2 Å². The number of hydrogen-bond acceptors (Lipinski definition) is 2. The van der Waals surface area contributed by atoms with Gasteiger partial charge in [0.1, 0.15) is 0 Å². The average molecular weight is 323 g/mol. The molecule has 0 heterocycles. The van der Waals surface area contributed by atoms with Crippen molar-refractivity contribution in [3.8, 4) is 0 Å². The van der Waals surface area contributed by atoms with Crippen molar-refractivity contribution in [2.75, 3.05) is 4.72 Å². The summed E-state index contributed by atoms with van der Waals surface area (Å²) in [6.07, 6.45) is -0.220. The Morgan fingerprint density at radius 1 is 1.14 bits per heavy atom. The summed E-state index contributed by atoms with van der Waals surface area (Å²) in [6.45, 7) is 1.85. The lowest BCUT2D eigenvalue weighted by atomic mass is 10.1. The maximum absolute atomic E-state index is 13.1. The van der Waals surface area contributed by atoms with Crippen molar-refractivity contribution in [2.24, 2.45) is 0 Å². The highest BCUT2D eigenvalue weighted by molar-refractivity contribution is 7.92. The molecule has 1 fully saturated rings. The fourth-order valence-electron chi connectivity index (χ4n) is 2.40. The molecule has 1 N–H and O–H groups in total. The third-order valence-corrected chi connectivity index (χ3v) is 5.05. The van der Waals surface area contributed by atoms with Crippen LogP contribution in [0.3, 0.4) is 0 Å². The quantitative estimate of drug-likeness (QED) is 0.927. The molecule has 22 heavy (non-hydrogen) atoms. The molecule has 0 aromatic heterocycles. The fraction of sp³-hybridized carbons (Fsp3) is 0.250. The minimum atomic E-state index is -3.79. The van der Waals surface area contributed by atoms with Gasteiger partial charge in [-0.1, -0.05) is 24.3 Å². The van der Waals surface area contributed by atoms with Crippen LogP contribution in [0.15, 0.2) is 53.4 Å². The summed E-state index contributed by atoms with van der Waals surface area (Å²) in [5.74, 6) is -3.59. The topological polar surface area (TPSA) is 46.2 Å². The molecule has 6 heteroatoms. The average Bonchev–Trinajstić information content (AvgIpc) is 3.07. The van der Waals surface area contributed by atoms with Crippen LogP contribution in [-0.2, 0) is 10.0 Å². The number of anilines is 1. The lowest BCUT2D eigenvalue weighted by molar-refractivity contribution is 0.112. The van der Waals surface area contributed by atoms with Gasteiger partial charge in [0, 0.05) is 12.1 Å². The van der Waals surface area contributed by atoms with E-state index in [0.717, 1.165) is 5.56 Å². The van der Waals surface area contributed by atoms with Gasteiger partial charge >= 0.3 is 0 Å². The smallest absolute Gasteiger partial charge is 0.261 e. The van der Waals surface area contributed by atoms with Gasteiger partial charge in [-0.15, -0.1) is 0 Å². The second kappa shape index (κ2) is 5.05. The molecule has 1 atom stereocenters. The largest absolute Gasteiger partial charge is 0.280 e. The molecule has 0 spiro atoms. The summed E-state index contributed by atoms with van der Waals surface area (Å²) >= 11 is 0. The summed E-state index contributed by atoms with van der Waals surface area (Å²) in [5, 5.41) is 0. The molecule has 1 aliphatic rings. The number of sulfonamides is 1. The van der Waals surface area contributed by atoms with Crippen molar-refractivity contribution in [2.45, 2.75) is 30.1 Å². The van der Waals surface area contributed by atoms with Gasteiger partial charge in [-0.3, -0.25) is 4.72 Å². The predicted octanol–water partition coefficient (Wildman–Crippen LogP) is 3.92. The standard InChI is InChI=1S/C16H15F2NO2S/c1-11-4-2-6-13(8-11)19-22(20,21)14-7-3-5-12(9-14)15-10-16(15,17)18/h2-9,15,19H,10H2,1H3. The molecule has 0 saturated heterocycles. The Labute approximate surface area is 128 Å². The Morgan fingerprint density at radius 3 is 2.45 bits per heavy atom. The summed E-state index contributed by atoms with van der Waals surface area (Å²) < 4.78 is 53.5. The van der Waals surface area contributed by atoms with Gasteiger partial charge < -0.3 is 0 Å². The minimum Gasteiger partial charge on any atom is -0.280 e. The molecule has 0 bridgehead atoms. The molecule has 3 rings (SSSR count). The molecule has 1 unspecified atom stereocenters. The van der Waals surface area contributed by atoms with Crippen molar-refractivity contribution in [3.63, 3.8) is 0 Å². The Bertz CT molecular complexity index is 818. The highest BCUT2D eigenvalue weighted by Gasteiger charge is 2.57. The first-order valence-electron chi connectivity index (χ1n) is 6.85. The first kappa shape index (κ1) is 15.0. The van der Waals surface area contributed by atoms with E-state index in [9.17, 15) is 17.2 Å². The Morgan fingerprint density at radius 2 is 1.82 bits per heavy atom. The summed E-state index contributed by atoms with van der Waals surface area (Å²) in [4.78, 5) is -0.00536. The van der Waals surface area contributed by atoms with Gasteiger partial charge in [0.15, 0.2) is 0 Å².